The Bertz CT molecular complexity index is 193. The molecule has 0 bridgehead atoms. The maximum Gasteiger partial charge on any atom is 0.227 e. The van der Waals surface area contributed by atoms with E-state index in [0.717, 1.165) is 25.7 Å². The van der Waals surface area contributed by atoms with E-state index in [-0.39, 0.29) is 24.0 Å². The van der Waals surface area contributed by atoms with E-state index in [4.69, 9.17) is 10.8 Å². The Labute approximate surface area is 84.9 Å². The molecule has 0 spiro atoms. The topological polar surface area (TPSA) is 75.3 Å². The first-order chi connectivity index (χ1) is 6.68. The van der Waals surface area contributed by atoms with Crippen molar-refractivity contribution in [2.24, 2.45) is 11.1 Å². The van der Waals surface area contributed by atoms with E-state index in [0.29, 0.717) is 6.54 Å². The first-order valence-electron chi connectivity index (χ1n) is 5.30. The van der Waals surface area contributed by atoms with Gasteiger partial charge in [-0.15, -0.1) is 0 Å². The van der Waals surface area contributed by atoms with Gasteiger partial charge in [-0.1, -0.05) is 13.3 Å². The summed E-state index contributed by atoms with van der Waals surface area (Å²) < 4.78 is 0. The van der Waals surface area contributed by atoms with Crippen LogP contribution in [0.3, 0.4) is 0 Å². The van der Waals surface area contributed by atoms with Crippen molar-refractivity contribution in [2.75, 3.05) is 13.2 Å². The van der Waals surface area contributed by atoms with Gasteiger partial charge in [0.05, 0.1) is 18.1 Å². The van der Waals surface area contributed by atoms with Crippen molar-refractivity contribution in [1.82, 2.24) is 5.32 Å². The van der Waals surface area contributed by atoms with Gasteiger partial charge in [0.15, 0.2) is 0 Å². The number of hydrogen-bond acceptors (Lipinski definition) is 3. The van der Waals surface area contributed by atoms with Crippen LogP contribution in [0.25, 0.3) is 0 Å². The first-order valence-corrected chi connectivity index (χ1v) is 5.30. The highest BCUT2D eigenvalue weighted by molar-refractivity contribution is 5.84. The van der Waals surface area contributed by atoms with Crippen molar-refractivity contribution >= 4 is 5.91 Å². The summed E-state index contributed by atoms with van der Waals surface area (Å²) in [5.41, 5.74) is 5.27. The molecule has 0 unspecified atom stereocenters. The molecule has 1 aliphatic carbocycles. The average molecular weight is 200 g/mol. The molecule has 1 fully saturated rings. The van der Waals surface area contributed by atoms with Gasteiger partial charge in [-0.3, -0.25) is 4.79 Å². The maximum absolute atomic E-state index is 11.8. The van der Waals surface area contributed by atoms with Crippen molar-refractivity contribution in [3.05, 3.63) is 0 Å². The summed E-state index contributed by atoms with van der Waals surface area (Å²) in [7, 11) is 0. The van der Waals surface area contributed by atoms with Gasteiger partial charge in [0, 0.05) is 6.54 Å². The molecule has 4 nitrogen and oxygen atoms in total. The fourth-order valence-electron chi connectivity index (χ4n) is 1.74. The molecule has 0 aliphatic heterocycles. The monoisotopic (exact) mass is 200 g/mol. The number of carbonyl (C=O) groups excluding carboxylic acids is 1. The Kier molecular flexibility index (Phi) is 3.89. The van der Waals surface area contributed by atoms with E-state index in [1.807, 2.05) is 6.92 Å². The number of nitrogens with one attached hydrogen (secondary N) is 1. The van der Waals surface area contributed by atoms with Gasteiger partial charge in [0.2, 0.25) is 5.91 Å². The number of rotatable bonds is 5. The standard InChI is InChI=1S/C10H20N2O2/c1-2-8(6-13)12-9(14)10(7-11)4-3-5-10/h8,13H,2-7,11H2,1H3,(H,12,14)/t8-/m1/s1. The molecule has 0 heterocycles. The van der Waals surface area contributed by atoms with Crippen LogP contribution in [0.5, 0.6) is 0 Å². The highest BCUT2D eigenvalue weighted by Crippen LogP contribution is 2.40. The Morgan fingerprint density at radius 2 is 2.29 bits per heavy atom. The molecular weight excluding hydrogens is 180 g/mol. The lowest BCUT2D eigenvalue weighted by molar-refractivity contribution is -0.136. The molecule has 4 heteroatoms. The van der Waals surface area contributed by atoms with Gasteiger partial charge in [-0.2, -0.15) is 0 Å². The Morgan fingerprint density at radius 3 is 2.57 bits per heavy atom. The SMILES string of the molecule is CC[C@H](CO)NC(=O)C1(CN)CCC1. The highest BCUT2D eigenvalue weighted by Gasteiger charge is 2.43. The van der Waals surface area contributed by atoms with Crippen LogP contribution >= 0.6 is 0 Å². The smallest absolute Gasteiger partial charge is 0.227 e. The third-order valence-electron chi connectivity index (χ3n) is 3.23. The fourth-order valence-corrected chi connectivity index (χ4v) is 1.74. The lowest BCUT2D eigenvalue weighted by atomic mass is 9.68. The minimum absolute atomic E-state index is 0.00287. The molecule has 82 valence electrons. The average Bonchev–Trinajstić information content (AvgIpc) is 2.13. The normalized spacial score (nSPS) is 21.1. The lowest BCUT2D eigenvalue weighted by Gasteiger charge is -2.39. The van der Waals surface area contributed by atoms with Gasteiger partial charge < -0.3 is 16.2 Å². The fraction of sp³-hybridized carbons (Fsp3) is 0.900. The van der Waals surface area contributed by atoms with Gasteiger partial charge in [0.1, 0.15) is 0 Å². The molecule has 0 aromatic rings. The molecule has 1 aliphatic rings. The summed E-state index contributed by atoms with van der Waals surface area (Å²) in [4.78, 5) is 11.8. The summed E-state index contributed by atoms with van der Waals surface area (Å²) in [6.07, 6.45) is 3.61. The molecule has 1 rings (SSSR count). The predicted molar refractivity (Wildman–Crippen MR) is 54.6 cm³/mol. The largest absolute Gasteiger partial charge is 0.394 e. The summed E-state index contributed by atoms with van der Waals surface area (Å²) in [5.74, 6) is 0.0205. The minimum atomic E-state index is -0.331. The van der Waals surface area contributed by atoms with Crippen LogP contribution in [-0.4, -0.2) is 30.2 Å². The zero-order valence-electron chi connectivity index (χ0n) is 8.75. The summed E-state index contributed by atoms with van der Waals surface area (Å²) >= 11 is 0. The molecule has 0 aromatic heterocycles. The number of hydrogen-bond donors (Lipinski definition) is 3. The van der Waals surface area contributed by atoms with Crippen LogP contribution < -0.4 is 11.1 Å². The molecule has 0 saturated heterocycles. The Hall–Kier alpha value is -0.610. The second-order valence-corrected chi connectivity index (χ2v) is 4.10. The molecule has 0 aromatic carbocycles. The Morgan fingerprint density at radius 1 is 1.64 bits per heavy atom. The maximum atomic E-state index is 11.8. The number of aliphatic hydroxyl groups is 1. The molecule has 0 radical (unpaired) electrons. The molecule has 1 atom stereocenters. The van der Waals surface area contributed by atoms with E-state index < -0.39 is 0 Å². The zero-order valence-corrected chi connectivity index (χ0v) is 8.75. The number of carbonyl (C=O) groups is 1. The molecular formula is C10H20N2O2. The van der Waals surface area contributed by atoms with Gasteiger partial charge in [-0.05, 0) is 19.3 Å². The third kappa shape index (κ3) is 2.07. The van der Waals surface area contributed by atoms with E-state index in [1.54, 1.807) is 0 Å². The molecule has 14 heavy (non-hydrogen) atoms. The van der Waals surface area contributed by atoms with Crippen LogP contribution in [-0.2, 0) is 4.79 Å². The molecule has 4 N–H and O–H groups in total. The van der Waals surface area contributed by atoms with Gasteiger partial charge in [-0.25, -0.2) is 0 Å². The quantitative estimate of drug-likeness (QED) is 0.585. The van der Waals surface area contributed by atoms with Crippen molar-refractivity contribution < 1.29 is 9.90 Å². The first kappa shape index (κ1) is 11.5. The molecule has 1 amide bonds. The van der Waals surface area contributed by atoms with E-state index in [2.05, 4.69) is 5.32 Å². The summed E-state index contributed by atoms with van der Waals surface area (Å²) in [5, 5.41) is 11.8. The number of nitrogens with two attached hydrogens (primary N) is 1. The lowest BCUT2D eigenvalue weighted by Crippen LogP contribution is -2.53. The van der Waals surface area contributed by atoms with Gasteiger partial charge in [0.25, 0.3) is 0 Å². The van der Waals surface area contributed by atoms with Crippen molar-refractivity contribution in [2.45, 2.75) is 38.6 Å². The predicted octanol–water partition coefficient (Wildman–Crippen LogP) is 0.00250. The van der Waals surface area contributed by atoms with Crippen molar-refractivity contribution in [3.8, 4) is 0 Å². The van der Waals surface area contributed by atoms with Crippen molar-refractivity contribution in [3.63, 3.8) is 0 Å². The van der Waals surface area contributed by atoms with Crippen LogP contribution in [0.1, 0.15) is 32.6 Å². The van der Waals surface area contributed by atoms with E-state index in [1.165, 1.54) is 0 Å². The third-order valence-corrected chi connectivity index (χ3v) is 3.23. The van der Waals surface area contributed by atoms with E-state index >= 15 is 0 Å². The van der Waals surface area contributed by atoms with Crippen LogP contribution in [0.15, 0.2) is 0 Å². The Balaban J connectivity index is 2.47. The second kappa shape index (κ2) is 4.75. The van der Waals surface area contributed by atoms with Gasteiger partial charge >= 0.3 is 0 Å². The van der Waals surface area contributed by atoms with E-state index in [9.17, 15) is 4.79 Å². The number of amides is 1. The summed E-state index contributed by atoms with van der Waals surface area (Å²) in [6, 6.07) is -0.119. The van der Waals surface area contributed by atoms with Crippen LogP contribution in [0.2, 0.25) is 0 Å². The number of aliphatic hydroxyl groups excluding tert-OH is 1. The van der Waals surface area contributed by atoms with Crippen molar-refractivity contribution in [1.29, 1.82) is 0 Å². The molecule has 1 saturated carbocycles. The second-order valence-electron chi connectivity index (χ2n) is 4.10. The highest BCUT2D eigenvalue weighted by atomic mass is 16.3. The van der Waals surface area contributed by atoms with Crippen LogP contribution in [0, 0.1) is 5.41 Å². The zero-order chi connectivity index (χ0) is 10.6. The summed E-state index contributed by atoms with van der Waals surface area (Å²) in [6.45, 7) is 2.36. The van der Waals surface area contributed by atoms with Crippen LogP contribution in [0.4, 0.5) is 0 Å². The minimum Gasteiger partial charge on any atom is -0.394 e.